The Labute approximate surface area is 90.7 Å². The van der Waals surface area contributed by atoms with Gasteiger partial charge in [-0.3, -0.25) is 4.79 Å². The van der Waals surface area contributed by atoms with Crippen LogP contribution in [-0.2, 0) is 0 Å². The van der Waals surface area contributed by atoms with Gasteiger partial charge in [0, 0.05) is 9.13 Å². The predicted molar refractivity (Wildman–Crippen MR) is 58.6 cm³/mol. The molecule has 0 radical (unpaired) electrons. The zero-order chi connectivity index (χ0) is 10.0. The Morgan fingerprint density at radius 1 is 1.54 bits per heavy atom. The van der Waals surface area contributed by atoms with Gasteiger partial charge < -0.3 is 0 Å². The standard InChI is InChI=1S/C10H8INO/c1-6-3-9(7(2)13)10(11)4-8(6)5-12/h3-4H,1-2H3. The maximum Gasteiger partial charge on any atom is 0.160 e. The number of benzene rings is 1. The highest BCUT2D eigenvalue weighted by atomic mass is 127. The average molecular weight is 285 g/mol. The molecule has 1 aromatic rings. The number of Topliss-reactive ketones (excluding diaryl/α,β-unsaturated/α-hetero) is 1. The Bertz CT molecular complexity index is 404. The van der Waals surface area contributed by atoms with Gasteiger partial charge in [0.05, 0.1) is 11.6 Å². The molecule has 0 N–H and O–H groups in total. The van der Waals surface area contributed by atoms with E-state index >= 15 is 0 Å². The molecule has 1 aromatic carbocycles. The average Bonchev–Trinajstić information content (AvgIpc) is 2.07. The fourth-order valence-electron chi connectivity index (χ4n) is 1.07. The first-order valence-electron chi connectivity index (χ1n) is 3.77. The summed E-state index contributed by atoms with van der Waals surface area (Å²) < 4.78 is 0.840. The summed E-state index contributed by atoms with van der Waals surface area (Å²) in [5.41, 5.74) is 2.18. The van der Waals surface area contributed by atoms with Gasteiger partial charge in [0.1, 0.15) is 0 Å². The van der Waals surface area contributed by atoms with Crippen molar-refractivity contribution in [3.63, 3.8) is 0 Å². The van der Waals surface area contributed by atoms with E-state index in [0.29, 0.717) is 11.1 Å². The van der Waals surface area contributed by atoms with Gasteiger partial charge in [0.15, 0.2) is 5.78 Å². The van der Waals surface area contributed by atoms with Crippen LogP contribution in [0.25, 0.3) is 0 Å². The third-order valence-electron chi connectivity index (χ3n) is 1.81. The van der Waals surface area contributed by atoms with E-state index in [9.17, 15) is 4.79 Å². The van der Waals surface area contributed by atoms with Gasteiger partial charge in [0.2, 0.25) is 0 Å². The monoisotopic (exact) mass is 285 g/mol. The molecule has 0 aliphatic rings. The van der Waals surface area contributed by atoms with Crippen molar-refractivity contribution in [2.45, 2.75) is 13.8 Å². The van der Waals surface area contributed by atoms with Crippen molar-refractivity contribution in [2.24, 2.45) is 0 Å². The van der Waals surface area contributed by atoms with E-state index in [1.54, 1.807) is 12.1 Å². The highest BCUT2D eigenvalue weighted by Gasteiger charge is 2.08. The smallest absolute Gasteiger partial charge is 0.160 e. The number of hydrogen-bond acceptors (Lipinski definition) is 2. The zero-order valence-electron chi connectivity index (χ0n) is 7.39. The molecule has 0 unspecified atom stereocenters. The Morgan fingerprint density at radius 3 is 2.62 bits per heavy atom. The molecule has 0 spiro atoms. The Hall–Kier alpha value is -0.890. The van der Waals surface area contributed by atoms with Crippen molar-refractivity contribution in [3.8, 4) is 6.07 Å². The van der Waals surface area contributed by atoms with Crippen molar-refractivity contribution < 1.29 is 4.79 Å². The second kappa shape index (κ2) is 3.88. The van der Waals surface area contributed by atoms with Crippen LogP contribution >= 0.6 is 22.6 Å². The van der Waals surface area contributed by atoms with Crippen molar-refractivity contribution in [2.75, 3.05) is 0 Å². The minimum absolute atomic E-state index is 0.0389. The van der Waals surface area contributed by atoms with Crippen LogP contribution in [0.5, 0.6) is 0 Å². The summed E-state index contributed by atoms with van der Waals surface area (Å²) >= 11 is 2.07. The zero-order valence-corrected chi connectivity index (χ0v) is 9.55. The SMILES string of the molecule is CC(=O)c1cc(C)c(C#N)cc1I. The first-order chi connectivity index (χ1) is 6.06. The molecule has 1 rings (SSSR count). The number of nitriles is 1. The molecular formula is C10H8INO. The summed E-state index contributed by atoms with van der Waals surface area (Å²) in [5.74, 6) is 0.0389. The van der Waals surface area contributed by atoms with E-state index in [2.05, 4.69) is 28.7 Å². The molecule has 13 heavy (non-hydrogen) atoms. The van der Waals surface area contributed by atoms with Crippen LogP contribution in [0.4, 0.5) is 0 Å². The summed E-state index contributed by atoms with van der Waals surface area (Å²) in [6.45, 7) is 3.37. The number of ketones is 1. The molecule has 0 heterocycles. The van der Waals surface area contributed by atoms with Crippen molar-refractivity contribution in [1.82, 2.24) is 0 Å². The third-order valence-corrected chi connectivity index (χ3v) is 2.71. The molecule has 0 amide bonds. The van der Waals surface area contributed by atoms with Crippen LogP contribution in [0.1, 0.15) is 28.4 Å². The van der Waals surface area contributed by atoms with Gasteiger partial charge >= 0.3 is 0 Å². The lowest BCUT2D eigenvalue weighted by atomic mass is 10.0. The van der Waals surface area contributed by atoms with E-state index in [-0.39, 0.29) is 5.78 Å². The molecule has 0 bridgehead atoms. The fourth-order valence-corrected chi connectivity index (χ4v) is 1.92. The summed E-state index contributed by atoms with van der Waals surface area (Å²) in [7, 11) is 0. The predicted octanol–water partition coefficient (Wildman–Crippen LogP) is 2.67. The lowest BCUT2D eigenvalue weighted by molar-refractivity contribution is 0.101. The van der Waals surface area contributed by atoms with E-state index in [1.807, 2.05) is 6.92 Å². The number of nitrogens with zero attached hydrogens (tertiary/aromatic N) is 1. The fraction of sp³-hybridized carbons (Fsp3) is 0.200. The van der Waals surface area contributed by atoms with Gasteiger partial charge in [-0.2, -0.15) is 5.26 Å². The van der Waals surface area contributed by atoms with Crippen LogP contribution < -0.4 is 0 Å². The number of hydrogen-bond donors (Lipinski definition) is 0. The van der Waals surface area contributed by atoms with E-state index in [1.165, 1.54) is 6.92 Å². The minimum Gasteiger partial charge on any atom is -0.294 e. The first kappa shape index (κ1) is 10.2. The van der Waals surface area contributed by atoms with Crippen LogP contribution in [0, 0.1) is 21.8 Å². The lowest BCUT2D eigenvalue weighted by Crippen LogP contribution is -1.98. The normalized spacial score (nSPS) is 9.38. The summed E-state index contributed by atoms with van der Waals surface area (Å²) in [6.07, 6.45) is 0. The van der Waals surface area contributed by atoms with Gasteiger partial charge in [-0.05, 0) is 54.1 Å². The Morgan fingerprint density at radius 2 is 2.15 bits per heavy atom. The molecule has 0 fully saturated rings. The van der Waals surface area contributed by atoms with Gasteiger partial charge in [-0.15, -0.1) is 0 Å². The van der Waals surface area contributed by atoms with Gasteiger partial charge in [0.25, 0.3) is 0 Å². The second-order valence-electron chi connectivity index (χ2n) is 2.81. The van der Waals surface area contributed by atoms with Gasteiger partial charge in [-0.25, -0.2) is 0 Å². The van der Waals surface area contributed by atoms with Gasteiger partial charge in [-0.1, -0.05) is 0 Å². The molecule has 3 heteroatoms. The van der Waals surface area contributed by atoms with Crippen LogP contribution in [0.15, 0.2) is 12.1 Å². The molecule has 0 saturated heterocycles. The summed E-state index contributed by atoms with van der Waals surface area (Å²) in [6, 6.07) is 5.60. The first-order valence-corrected chi connectivity index (χ1v) is 4.85. The molecule has 0 aliphatic heterocycles. The molecular weight excluding hydrogens is 277 g/mol. The Balaban J connectivity index is 3.39. The quantitative estimate of drug-likeness (QED) is 0.588. The van der Waals surface area contributed by atoms with Crippen molar-refractivity contribution >= 4 is 28.4 Å². The van der Waals surface area contributed by atoms with Crippen molar-refractivity contribution in [3.05, 3.63) is 32.4 Å². The number of aryl methyl sites for hydroxylation is 1. The molecule has 0 saturated carbocycles. The molecule has 0 atom stereocenters. The minimum atomic E-state index is 0.0389. The molecule has 0 aliphatic carbocycles. The summed E-state index contributed by atoms with van der Waals surface area (Å²) in [5, 5.41) is 8.73. The highest BCUT2D eigenvalue weighted by molar-refractivity contribution is 14.1. The largest absolute Gasteiger partial charge is 0.294 e. The maximum atomic E-state index is 11.1. The Kier molecular flexibility index (Phi) is 3.04. The number of rotatable bonds is 1. The van der Waals surface area contributed by atoms with Crippen LogP contribution in [0.3, 0.4) is 0 Å². The van der Waals surface area contributed by atoms with Crippen LogP contribution in [0.2, 0.25) is 0 Å². The van der Waals surface area contributed by atoms with Crippen LogP contribution in [-0.4, -0.2) is 5.78 Å². The lowest BCUT2D eigenvalue weighted by Gasteiger charge is -2.03. The van der Waals surface area contributed by atoms with E-state index in [4.69, 9.17) is 5.26 Å². The molecule has 0 aromatic heterocycles. The number of carbonyl (C=O) groups excluding carboxylic acids is 1. The summed E-state index contributed by atoms with van der Waals surface area (Å²) in [4.78, 5) is 11.1. The van der Waals surface area contributed by atoms with E-state index in [0.717, 1.165) is 9.13 Å². The maximum absolute atomic E-state index is 11.1. The molecule has 66 valence electrons. The second-order valence-corrected chi connectivity index (χ2v) is 3.98. The topological polar surface area (TPSA) is 40.9 Å². The van der Waals surface area contributed by atoms with Crippen molar-refractivity contribution in [1.29, 1.82) is 5.26 Å². The number of carbonyl (C=O) groups is 1. The molecule has 2 nitrogen and oxygen atoms in total. The third kappa shape index (κ3) is 2.07. The highest BCUT2D eigenvalue weighted by Crippen LogP contribution is 2.18. The van der Waals surface area contributed by atoms with E-state index < -0.39 is 0 Å². The number of halogens is 1.